The van der Waals surface area contributed by atoms with E-state index in [1.54, 1.807) is 31.3 Å². The predicted molar refractivity (Wildman–Crippen MR) is 130 cm³/mol. The molecule has 0 radical (unpaired) electrons. The highest BCUT2D eigenvalue weighted by atomic mass is 35.5. The van der Waals surface area contributed by atoms with Gasteiger partial charge in [0.05, 0.1) is 5.03 Å². The minimum Gasteiger partial charge on any atom is -0.462 e. The maximum Gasteiger partial charge on any atom is 0.263 e. The number of nitrogens with zero attached hydrogens (tertiary/aromatic N) is 1. The van der Waals surface area contributed by atoms with E-state index in [-0.39, 0.29) is 17.9 Å². The minimum absolute atomic E-state index is 0.108. The molecule has 2 unspecified atom stereocenters. The first-order valence-electron chi connectivity index (χ1n) is 10.1. The van der Waals surface area contributed by atoms with Crippen LogP contribution >= 0.6 is 34.5 Å². The number of benzene rings is 1. The Morgan fingerprint density at radius 3 is 2.65 bits per heavy atom. The number of halogens is 2. The van der Waals surface area contributed by atoms with Crippen LogP contribution in [0.1, 0.15) is 44.2 Å². The van der Waals surface area contributed by atoms with Gasteiger partial charge in [-0.2, -0.15) is 11.3 Å². The predicted octanol–water partition coefficient (Wildman–Crippen LogP) is 6.47. The topological polar surface area (TPSA) is 50.7 Å². The van der Waals surface area contributed by atoms with E-state index in [9.17, 15) is 4.79 Å². The van der Waals surface area contributed by atoms with E-state index in [0.29, 0.717) is 22.4 Å². The fourth-order valence-corrected chi connectivity index (χ4v) is 4.29. The second-order valence-corrected chi connectivity index (χ2v) is 9.65. The van der Waals surface area contributed by atoms with E-state index in [0.717, 1.165) is 6.42 Å². The summed E-state index contributed by atoms with van der Waals surface area (Å²) in [7, 11) is 0. The largest absolute Gasteiger partial charge is 0.462 e. The van der Waals surface area contributed by atoms with Crippen LogP contribution in [-0.4, -0.2) is 23.8 Å². The number of allylic oxidation sites excluding steroid dienone is 3. The van der Waals surface area contributed by atoms with Gasteiger partial charge < -0.3 is 10.1 Å². The maximum absolute atomic E-state index is 13.1. The quantitative estimate of drug-likeness (QED) is 0.474. The number of amides is 1. The van der Waals surface area contributed by atoms with Crippen molar-refractivity contribution >= 4 is 46.7 Å². The van der Waals surface area contributed by atoms with Crippen LogP contribution in [0.4, 0.5) is 0 Å². The number of hydrogen-bond donors (Lipinski definition) is 1. The number of carbonyl (C=O) groups excluding carboxylic acids is 1. The molecule has 0 spiro atoms. The van der Waals surface area contributed by atoms with Gasteiger partial charge in [-0.3, -0.25) is 4.79 Å². The molecule has 3 rings (SSSR count). The number of hydrogen-bond acceptors (Lipinski definition) is 4. The van der Waals surface area contributed by atoms with Gasteiger partial charge in [-0.1, -0.05) is 41.4 Å². The van der Waals surface area contributed by atoms with E-state index in [2.05, 4.69) is 27.1 Å². The molecule has 4 nitrogen and oxygen atoms in total. The van der Waals surface area contributed by atoms with E-state index in [4.69, 9.17) is 27.9 Å². The number of carbonyl (C=O) groups is 1. The summed E-state index contributed by atoms with van der Waals surface area (Å²) in [4.78, 5) is 17.3. The molecule has 0 bridgehead atoms. The first-order valence-corrected chi connectivity index (χ1v) is 11.8. The molecule has 1 aromatic heterocycles. The number of rotatable bonds is 8. The van der Waals surface area contributed by atoms with Gasteiger partial charge in [-0.25, -0.2) is 4.99 Å². The molecule has 164 valence electrons. The van der Waals surface area contributed by atoms with Gasteiger partial charge in [0.15, 0.2) is 5.60 Å². The van der Waals surface area contributed by atoms with Crippen molar-refractivity contribution in [2.24, 2.45) is 4.99 Å². The summed E-state index contributed by atoms with van der Waals surface area (Å²) in [5.74, 6) is 0.302. The summed E-state index contributed by atoms with van der Waals surface area (Å²) in [6.07, 6.45) is 6.55. The zero-order valence-electron chi connectivity index (χ0n) is 17.8. The SMILES string of the molecule is CC(NC(=O)C(C)(C)OC1=CCC=C(Cl)C=N1)C(Cc1ccc(Cl)cc1)c1ccsc1. The molecular formula is C24H26Cl2N2O2S. The van der Waals surface area contributed by atoms with Gasteiger partial charge >= 0.3 is 0 Å². The smallest absolute Gasteiger partial charge is 0.263 e. The molecule has 2 heterocycles. The first-order chi connectivity index (χ1) is 14.7. The average Bonchev–Trinajstić information content (AvgIpc) is 3.18. The lowest BCUT2D eigenvalue weighted by Gasteiger charge is -2.30. The van der Waals surface area contributed by atoms with Crippen LogP contribution in [-0.2, 0) is 16.0 Å². The highest BCUT2D eigenvalue weighted by molar-refractivity contribution is 7.08. The third-order valence-corrected chi connectivity index (χ3v) is 6.33. The molecule has 1 amide bonds. The summed E-state index contributed by atoms with van der Waals surface area (Å²) in [6.45, 7) is 5.51. The van der Waals surface area contributed by atoms with Crippen molar-refractivity contribution < 1.29 is 9.53 Å². The molecule has 0 fully saturated rings. The molecule has 1 aliphatic rings. The molecule has 0 aliphatic carbocycles. The summed E-state index contributed by atoms with van der Waals surface area (Å²) in [5, 5.41) is 8.60. The van der Waals surface area contributed by atoms with E-state index in [1.807, 2.05) is 37.3 Å². The third kappa shape index (κ3) is 6.70. The van der Waals surface area contributed by atoms with Crippen molar-refractivity contribution in [1.29, 1.82) is 0 Å². The van der Waals surface area contributed by atoms with Gasteiger partial charge in [0, 0.05) is 23.2 Å². The van der Waals surface area contributed by atoms with Gasteiger partial charge in [-0.05, 0) is 79.8 Å². The maximum atomic E-state index is 13.1. The Morgan fingerprint density at radius 1 is 1.23 bits per heavy atom. The third-order valence-electron chi connectivity index (χ3n) is 5.13. The minimum atomic E-state index is -1.09. The molecular weight excluding hydrogens is 451 g/mol. The van der Waals surface area contributed by atoms with Crippen LogP contribution < -0.4 is 5.32 Å². The van der Waals surface area contributed by atoms with Crippen LogP contribution in [0.2, 0.25) is 5.02 Å². The molecule has 0 saturated carbocycles. The van der Waals surface area contributed by atoms with E-state index < -0.39 is 5.60 Å². The molecule has 1 aromatic carbocycles. The number of nitrogens with one attached hydrogen (secondary N) is 1. The zero-order chi connectivity index (χ0) is 22.4. The monoisotopic (exact) mass is 476 g/mol. The summed E-state index contributed by atoms with van der Waals surface area (Å²) < 4.78 is 5.92. The van der Waals surface area contributed by atoms with Crippen molar-refractivity contribution in [3.05, 3.63) is 80.3 Å². The molecule has 0 saturated heterocycles. The van der Waals surface area contributed by atoms with Gasteiger partial charge in [-0.15, -0.1) is 0 Å². The van der Waals surface area contributed by atoms with Gasteiger partial charge in [0.25, 0.3) is 5.91 Å². The number of aliphatic imine (C=N–C) groups is 1. The lowest BCUT2D eigenvalue weighted by molar-refractivity contribution is -0.139. The second-order valence-electron chi connectivity index (χ2n) is 7.99. The summed E-state index contributed by atoms with van der Waals surface area (Å²) in [6, 6.07) is 9.84. The molecule has 1 N–H and O–H groups in total. The lowest BCUT2D eigenvalue weighted by Crippen LogP contribution is -2.49. The summed E-state index contributed by atoms with van der Waals surface area (Å²) in [5.41, 5.74) is 1.27. The summed E-state index contributed by atoms with van der Waals surface area (Å²) >= 11 is 13.7. The first kappa shape index (κ1) is 23.6. The van der Waals surface area contributed by atoms with Gasteiger partial charge in [0.2, 0.25) is 5.88 Å². The van der Waals surface area contributed by atoms with Crippen LogP contribution in [0.15, 0.2) is 69.2 Å². The molecule has 1 aliphatic heterocycles. The van der Waals surface area contributed by atoms with Crippen LogP contribution in [0.25, 0.3) is 0 Å². The average molecular weight is 477 g/mol. The highest BCUT2D eigenvalue weighted by Crippen LogP contribution is 2.28. The Bertz CT molecular complexity index is 980. The molecule has 2 aromatic rings. The molecule has 31 heavy (non-hydrogen) atoms. The fourth-order valence-electron chi connectivity index (χ4n) is 3.30. The Hall–Kier alpha value is -2.08. The molecule has 2 atom stereocenters. The number of thiophene rings is 1. The Morgan fingerprint density at radius 2 is 1.97 bits per heavy atom. The van der Waals surface area contributed by atoms with Crippen molar-refractivity contribution in [3.8, 4) is 0 Å². The second kappa shape index (κ2) is 10.5. The van der Waals surface area contributed by atoms with E-state index >= 15 is 0 Å². The zero-order valence-corrected chi connectivity index (χ0v) is 20.1. The van der Waals surface area contributed by atoms with Crippen LogP contribution in [0.5, 0.6) is 0 Å². The van der Waals surface area contributed by atoms with Crippen LogP contribution in [0, 0.1) is 0 Å². The Labute approximate surface area is 197 Å². The standard InChI is InChI=1S/C24H26Cl2N2O2S/c1-16(21(18-11-12-31-15-18)13-17-7-9-19(25)10-8-17)28-23(29)24(2,3)30-22-6-4-5-20(26)14-27-22/h5-12,14-16,21H,4,13H2,1-3H3,(H,28,29). The van der Waals surface area contributed by atoms with E-state index in [1.165, 1.54) is 17.3 Å². The lowest BCUT2D eigenvalue weighted by atomic mass is 9.87. The van der Waals surface area contributed by atoms with Crippen LogP contribution in [0.3, 0.4) is 0 Å². The van der Waals surface area contributed by atoms with Crippen molar-refractivity contribution in [2.45, 2.75) is 51.2 Å². The Kier molecular flexibility index (Phi) is 7.98. The van der Waals surface area contributed by atoms with Crippen molar-refractivity contribution in [1.82, 2.24) is 5.32 Å². The normalized spacial score (nSPS) is 16.0. The van der Waals surface area contributed by atoms with Gasteiger partial charge in [0.1, 0.15) is 0 Å². The number of ether oxygens (including phenoxy) is 1. The fraction of sp³-hybridized carbons (Fsp3) is 0.333. The van der Waals surface area contributed by atoms with Crippen molar-refractivity contribution in [2.75, 3.05) is 0 Å². The highest BCUT2D eigenvalue weighted by Gasteiger charge is 2.33. The Balaban J connectivity index is 1.70. The molecule has 7 heteroatoms. The van der Waals surface area contributed by atoms with Crippen molar-refractivity contribution in [3.63, 3.8) is 0 Å².